The molecular weight excluding hydrogens is 502 g/mol. The lowest BCUT2D eigenvalue weighted by Crippen LogP contribution is -2.24. The van der Waals surface area contributed by atoms with E-state index in [1.165, 1.54) is 6.07 Å². The number of nitrogens with one attached hydrogen (secondary N) is 4. The maximum Gasteiger partial charge on any atom is 0.256 e. The highest BCUT2D eigenvalue weighted by molar-refractivity contribution is 6.34. The van der Waals surface area contributed by atoms with Crippen LogP contribution in [0.5, 0.6) is 0 Å². The molecule has 3 heterocycles. The average molecular weight is 527 g/mol. The van der Waals surface area contributed by atoms with Crippen molar-refractivity contribution < 1.29 is 18.4 Å². The number of rotatable bonds is 8. The number of anilines is 2. The van der Waals surface area contributed by atoms with Crippen LogP contribution >= 0.6 is 0 Å². The summed E-state index contributed by atoms with van der Waals surface area (Å²) in [5.74, 6) is -2.11. The van der Waals surface area contributed by atoms with Crippen molar-refractivity contribution in [1.29, 1.82) is 0 Å². The molecule has 2 amide bonds. The van der Waals surface area contributed by atoms with Crippen LogP contribution in [0.25, 0.3) is 17.7 Å². The van der Waals surface area contributed by atoms with Crippen molar-refractivity contribution in [3.8, 4) is 0 Å². The quantitative estimate of drug-likeness (QED) is 0.243. The lowest BCUT2D eigenvalue weighted by atomic mass is 10.0. The molecule has 5 rings (SSSR count). The summed E-state index contributed by atoms with van der Waals surface area (Å²) in [5, 5.41) is 8.71. The first-order chi connectivity index (χ1) is 18.9. The molecule has 10 heteroatoms. The van der Waals surface area contributed by atoms with Crippen LogP contribution in [-0.2, 0) is 11.3 Å². The summed E-state index contributed by atoms with van der Waals surface area (Å²) in [6.07, 6.45) is 8.70. The molecule has 0 atom stereocenters. The van der Waals surface area contributed by atoms with Gasteiger partial charge in [-0.25, -0.2) is 18.7 Å². The molecule has 0 bridgehead atoms. The number of nitrogens with zero attached hydrogens (tertiary/aromatic N) is 2. The number of aromatic nitrogens is 3. The van der Waals surface area contributed by atoms with Gasteiger partial charge in [0.2, 0.25) is 0 Å². The summed E-state index contributed by atoms with van der Waals surface area (Å²) in [7, 11) is 0. The van der Waals surface area contributed by atoms with Crippen LogP contribution < -0.4 is 16.0 Å². The highest BCUT2D eigenvalue weighted by Crippen LogP contribution is 2.34. The topological polar surface area (TPSA) is 112 Å². The smallest absolute Gasteiger partial charge is 0.256 e. The first-order valence-electron chi connectivity index (χ1n) is 12.1. The van der Waals surface area contributed by atoms with E-state index in [1.807, 2.05) is 37.3 Å². The van der Waals surface area contributed by atoms with Crippen molar-refractivity contribution in [2.75, 3.05) is 17.2 Å². The Kier molecular flexibility index (Phi) is 7.26. The van der Waals surface area contributed by atoms with Gasteiger partial charge < -0.3 is 20.9 Å². The third-order valence-electron chi connectivity index (χ3n) is 6.16. The van der Waals surface area contributed by atoms with Crippen LogP contribution in [0.2, 0.25) is 0 Å². The molecule has 2 aromatic heterocycles. The molecule has 0 saturated heterocycles. The van der Waals surface area contributed by atoms with E-state index in [9.17, 15) is 18.4 Å². The van der Waals surface area contributed by atoms with E-state index in [-0.39, 0.29) is 12.5 Å². The summed E-state index contributed by atoms with van der Waals surface area (Å²) >= 11 is 0. The fourth-order valence-corrected chi connectivity index (χ4v) is 4.12. The second kappa shape index (κ2) is 11.1. The second-order valence-electron chi connectivity index (χ2n) is 8.84. The average Bonchev–Trinajstić information content (AvgIpc) is 3.48. The van der Waals surface area contributed by atoms with E-state index < -0.39 is 17.5 Å². The van der Waals surface area contributed by atoms with Crippen molar-refractivity contribution in [3.63, 3.8) is 0 Å². The minimum Gasteiger partial charge on any atom is -0.366 e. The molecule has 0 saturated carbocycles. The summed E-state index contributed by atoms with van der Waals surface area (Å²) < 4.78 is 26.6. The standard InChI is InChI=1S/C29H24F2N6O2/c1-17-25(36-16-35-17)14-22-20-8-6-18(13-26(20)37-29(22)39)4-2-10-32-27-21(5-3-11-33-27)28(38)34-15-19-7-9-23(30)24(31)12-19/h2-9,11-14,16H,10,15H2,1H3,(H,32,33)(H,34,38)(H,35,36)(H,37,39)/b4-2+,22-14-. The first kappa shape index (κ1) is 25.5. The van der Waals surface area contributed by atoms with Crippen LogP contribution in [0, 0.1) is 18.6 Å². The molecule has 8 nitrogen and oxygen atoms in total. The summed E-state index contributed by atoms with van der Waals surface area (Å²) in [6.45, 7) is 2.32. The van der Waals surface area contributed by atoms with Gasteiger partial charge in [-0.3, -0.25) is 9.59 Å². The molecule has 2 aromatic carbocycles. The van der Waals surface area contributed by atoms with E-state index in [1.54, 1.807) is 30.7 Å². The SMILES string of the molecule is Cc1[nH]cnc1/C=C1\C(=O)Nc2cc(/C=C/CNc3ncccc3C(=O)NCc3ccc(F)c(F)c3)ccc21. The Bertz CT molecular complexity index is 1630. The number of benzene rings is 2. The summed E-state index contributed by atoms with van der Waals surface area (Å²) in [6, 6.07) is 12.4. The van der Waals surface area contributed by atoms with Gasteiger partial charge in [0.05, 0.1) is 23.2 Å². The number of aryl methyl sites for hydroxylation is 1. The number of H-pyrrole nitrogens is 1. The summed E-state index contributed by atoms with van der Waals surface area (Å²) in [5.41, 5.74) is 5.33. The highest BCUT2D eigenvalue weighted by Gasteiger charge is 2.24. The van der Waals surface area contributed by atoms with Gasteiger partial charge in [-0.15, -0.1) is 0 Å². The molecule has 1 aliphatic heterocycles. The lowest BCUT2D eigenvalue weighted by Gasteiger charge is -2.10. The lowest BCUT2D eigenvalue weighted by molar-refractivity contribution is -0.110. The van der Waals surface area contributed by atoms with Crippen LogP contribution in [0.4, 0.5) is 20.3 Å². The Labute approximate surface area is 222 Å². The molecule has 0 aliphatic carbocycles. The largest absolute Gasteiger partial charge is 0.366 e. The molecule has 0 unspecified atom stereocenters. The Hall–Kier alpha value is -5.12. The molecule has 4 aromatic rings. The number of carbonyl (C=O) groups excluding carboxylic acids is 2. The predicted molar refractivity (Wildman–Crippen MR) is 146 cm³/mol. The third kappa shape index (κ3) is 5.74. The van der Waals surface area contributed by atoms with E-state index in [0.29, 0.717) is 29.1 Å². The van der Waals surface area contributed by atoms with E-state index in [4.69, 9.17) is 0 Å². The van der Waals surface area contributed by atoms with Crippen molar-refractivity contribution in [2.45, 2.75) is 13.5 Å². The Balaban J connectivity index is 1.21. The van der Waals surface area contributed by atoms with Crippen molar-refractivity contribution in [3.05, 3.63) is 112 Å². The zero-order valence-corrected chi connectivity index (χ0v) is 20.9. The minimum absolute atomic E-state index is 0.0390. The van der Waals surface area contributed by atoms with Crippen molar-refractivity contribution in [2.24, 2.45) is 0 Å². The molecule has 1 aliphatic rings. The number of pyridine rings is 1. The number of carbonyl (C=O) groups is 2. The molecule has 0 fully saturated rings. The maximum atomic E-state index is 13.4. The first-order valence-corrected chi connectivity index (χ1v) is 12.1. The number of halogens is 2. The second-order valence-corrected chi connectivity index (χ2v) is 8.84. The van der Waals surface area contributed by atoms with Gasteiger partial charge in [-0.1, -0.05) is 30.4 Å². The van der Waals surface area contributed by atoms with Gasteiger partial charge in [0.25, 0.3) is 11.8 Å². The molecule has 196 valence electrons. The van der Waals surface area contributed by atoms with Crippen LogP contribution in [0.3, 0.4) is 0 Å². The summed E-state index contributed by atoms with van der Waals surface area (Å²) in [4.78, 5) is 36.7. The number of fused-ring (bicyclic) bond motifs is 1. The molecular formula is C29H24F2N6O2. The maximum absolute atomic E-state index is 13.4. The number of aromatic amines is 1. The van der Waals surface area contributed by atoms with Gasteiger partial charge in [-0.05, 0) is 54.5 Å². The normalized spacial score (nSPS) is 13.5. The van der Waals surface area contributed by atoms with Crippen LogP contribution in [0.15, 0.2) is 67.1 Å². The number of hydrogen-bond donors (Lipinski definition) is 4. The van der Waals surface area contributed by atoms with Crippen molar-refractivity contribution >= 4 is 41.0 Å². The highest BCUT2D eigenvalue weighted by atomic mass is 19.2. The Morgan fingerprint density at radius 3 is 2.74 bits per heavy atom. The van der Waals surface area contributed by atoms with Gasteiger partial charge >= 0.3 is 0 Å². The van der Waals surface area contributed by atoms with Gasteiger partial charge in [0.15, 0.2) is 11.6 Å². The third-order valence-corrected chi connectivity index (χ3v) is 6.16. The number of imidazole rings is 1. The van der Waals surface area contributed by atoms with Crippen LogP contribution in [0.1, 0.15) is 38.4 Å². The van der Waals surface area contributed by atoms with Gasteiger partial charge in [0.1, 0.15) is 5.82 Å². The van der Waals surface area contributed by atoms with E-state index in [2.05, 4.69) is 30.9 Å². The van der Waals surface area contributed by atoms with Gasteiger partial charge in [-0.2, -0.15) is 0 Å². The monoisotopic (exact) mass is 526 g/mol. The Morgan fingerprint density at radius 1 is 1.08 bits per heavy atom. The number of hydrogen-bond acceptors (Lipinski definition) is 5. The fourth-order valence-electron chi connectivity index (χ4n) is 4.12. The molecule has 4 N–H and O–H groups in total. The number of amides is 2. The molecule has 39 heavy (non-hydrogen) atoms. The van der Waals surface area contributed by atoms with Crippen LogP contribution in [-0.4, -0.2) is 33.3 Å². The van der Waals surface area contributed by atoms with Crippen molar-refractivity contribution in [1.82, 2.24) is 20.3 Å². The molecule has 0 spiro atoms. The van der Waals surface area contributed by atoms with E-state index in [0.717, 1.165) is 40.3 Å². The Morgan fingerprint density at radius 2 is 1.95 bits per heavy atom. The molecule has 0 radical (unpaired) electrons. The predicted octanol–water partition coefficient (Wildman–Crippen LogP) is 4.94. The zero-order chi connectivity index (χ0) is 27.4. The minimum atomic E-state index is -0.969. The fraction of sp³-hybridized carbons (Fsp3) is 0.103. The van der Waals surface area contributed by atoms with E-state index >= 15 is 0 Å². The van der Waals surface area contributed by atoms with Gasteiger partial charge in [0, 0.05) is 36.2 Å². The zero-order valence-electron chi connectivity index (χ0n) is 20.9.